The van der Waals surface area contributed by atoms with Gasteiger partial charge in [-0.15, -0.1) is 0 Å². The van der Waals surface area contributed by atoms with Crippen LogP contribution in [0.3, 0.4) is 0 Å². The number of amides is 1. The Bertz CT molecular complexity index is 285. The molecule has 0 bridgehead atoms. The van der Waals surface area contributed by atoms with E-state index in [9.17, 15) is 14.0 Å². The van der Waals surface area contributed by atoms with Crippen molar-refractivity contribution in [1.82, 2.24) is 4.90 Å². The fraction of sp³-hybridized carbons (Fsp3) is 0.800. The van der Waals surface area contributed by atoms with Crippen LogP contribution in [0.2, 0.25) is 0 Å². The second-order valence-electron chi connectivity index (χ2n) is 4.84. The van der Waals surface area contributed by atoms with Crippen molar-refractivity contribution in [3.8, 4) is 0 Å². The minimum absolute atomic E-state index is 0.110. The van der Waals surface area contributed by atoms with Crippen LogP contribution in [0, 0.1) is 5.41 Å². The third-order valence-corrected chi connectivity index (χ3v) is 2.48. The lowest BCUT2D eigenvalue weighted by atomic mass is 9.94. The zero-order chi connectivity index (χ0) is 11.8. The maximum Gasteiger partial charge on any atom is 0.329 e. The number of likely N-dealkylation sites (tertiary alicyclic amines) is 1. The van der Waals surface area contributed by atoms with E-state index >= 15 is 0 Å². The zero-order valence-corrected chi connectivity index (χ0v) is 9.16. The number of carbonyl (C=O) groups excluding carboxylic acids is 1. The Morgan fingerprint density at radius 1 is 1.40 bits per heavy atom. The van der Waals surface area contributed by atoms with E-state index in [0.717, 1.165) is 4.90 Å². The first-order valence-corrected chi connectivity index (χ1v) is 4.93. The highest BCUT2D eigenvalue weighted by molar-refractivity contribution is 5.87. The smallest absolute Gasteiger partial charge is 0.329 e. The summed E-state index contributed by atoms with van der Waals surface area (Å²) in [6, 6.07) is -1.31. The molecule has 1 rings (SSSR count). The number of hydrogen-bond acceptors (Lipinski definition) is 2. The molecule has 2 atom stereocenters. The van der Waals surface area contributed by atoms with Gasteiger partial charge in [0.05, 0.1) is 0 Å². The maximum absolute atomic E-state index is 13.3. The summed E-state index contributed by atoms with van der Waals surface area (Å²) in [5, 5.41) is 8.83. The fourth-order valence-electron chi connectivity index (χ4n) is 1.70. The normalized spacial score (nSPS) is 26.8. The monoisotopic (exact) mass is 217 g/mol. The summed E-state index contributed by atoms with van der Waals surface area (Å²) in [5.74, 6) is -1.58. The van der Waals surface area contributed by atoms with Gasteiger partial charge in [-0.25, -0.2) is 9.18 Å². The van der Waals surface area contributed by atoms with Gasteiger partial charge in [0.1, 0.15) is 6.17 Å². The van der Waals surface area contributed by atoms with E-state index in [1.165, 1.54) is 0 Å². The molecule has 1 heterocycles. The number of carboxylic acid groups (broad SMARTS) is 1. The molecule has 4 nitrogen and oxygen atoms in total. The van der Waals surface area contributed by atoms with Gasteiger partial charge in [0.25, 0.3) is 0 Å². The molecule has 0 radical (unpaired) electrons. The summed E-state index contributed by atoms with van der Waals surface area (Å²) in [7, 11) is 0. The molecule has 5 heteroatoms. The first kappa shape index (κ1) is 11.9. The molecule has 0 spiro atoms. The second-order valence-corrected chi connectivity index (χ2v) is 4.84. The van der Waals surface area contributed by atoms with Crippen molar-refractivity contribution in [2.24, 2.45) is 5.41 Å². The highest BCUT2D eigenvalue weighted by Gasteiger charge is 2.44. The van der Waals surface area contributed by atoms with E-state index in [1.807, 2.05) is 0 Å². The predicted octanol–water partition coefficient (Wildman–Crippen LogP) is 1.06. The molecule has 0 aromatic carbocycles. The molecule has 0 aromatic heterocycles. The third kappa shape index (κ3) is 2.27. The van der Waals surface area contributed by atoms with Crippen molar-refractivity contribution in [3.63, 3.8) is 0 Å². The van der Waals surface area contributed by atoms with Crippen LogP contribution in [0.4, 0.5) is 4.39 Å². The van der Waals surface area contributed by atoms with E-state index in [2.05, 4.69) is 0 Å². The van der Waals surface area contributed by atoms with Gasteiger partial charge in [-0.2, -0.15) is 0 Å². The number of aliphatic carboxylic acids is 1. The Kier molecular flexibility index (Phi) is 3.02. The van der Waals surface area contributed by atoms with Crippen molar-refractivity contribution in [2.75, 3.05) is 6.54 Å². The maximum atomic E-state index is 13.3. The molecule has 1 N–H and O–H groups in total. The molecule has 1 aliphatic heterocycles. The van der Waals surface area contributed by atoms with Gasteiger partial charge in [0, 0.05) is 12.0 Å². The van der Waals surface area contributed by atoms with E-state index in [4.69, 9.17) is 5.11 Å². The average Bonchev–Trinajstić information content (AvgIpc) is 2.43. The number of rotatable bonds is 1. The first-order chi connectivity index (χ1) is 6.75. The Labute approximate surface area is 88.1 Å². The largest absolute Gasteiger partial charge is 0.480 e. The molecular formula is C10H16FNO3. The Balaban J connectivity index is 2.87. The van der Waals surface area contributed by atoms with E-state index < -0.39 is 23.6 Å². The SMILES string of the molecule is CC(C)(C)C(=O)N1CC[C@@H](F)[C@H]1C(=O)O. The number of nitrogens with zero attached hydrogens (tertiary/aromatic N) is 1. The summed E-state index contributed by atoms with van der Waals surface area (Å²) in [4.78, 5) is 23.8. The van der Waals surface area contributed by atoms with Gasteiger partial charge in [-0.3, -0.25) is 4.79 Å². The summed E-state index contributed by atoms with van der Waals surface area (Å²) in [5.41, 5.74) is -0.669. The van der Waals surface area contributed by atoms with Crippen LogP contribution in [0.1, 0.15) is 27.2 Å². The number of carbonyl (C=O) groups is 2. The van der Waals surface area contributed by atoms with Crippen molar-refractivity contribution in [3.05, 3.63) is 0 Å². The van der Waals surface area contributed by atoms with Gasteiger partial charge < -0.3 is 10.0 Å². The van der Waals surface area contributed by atoms with E-state index in [-0.39, 0.29) is 18.9 Å². The zero-order valence-electron chi connectivity index (χ0n) is 9.16. The molecule has 0 aromatic rings. The standard InChI is InChI=1S/C10H16FNO3/c1-10(2,3)9(15)12-5-4-6(11)7(12)8(13)14/h6-7H,4-5H2,1-3H3,(H,13,14)/t6-,7+/m1/s1. The highest BCUT2D eigenvalue weighted by Crippen LogP contribution is 2.27. The quantitative estimate of drug-likeness (QED) is 0.714. The van der Waals surface area contributed by atoms with Crippen LogP contribution in [-0.4, -0.2) is 40.6 Å². The Morgan fingerprint density at radius 2 is 1.93 bits per heavy atom. The molecule has 0 aliphatic carbocycles. The minimum Gasteiger partial charge on any atom is -0.480 e. The number of hydrogen-bond donors (Lipinski definition) is 1. The molecular weight excluding hydrogens is 201 g/mol. The summed E-state index contributed by atoms with van der Waals surface area (Å²) in [6.45, 7) is 5.27. The van der Waals surface area contributed by atoms with Crippen LogP contribution in [-0.2, 0) is 9.59 Å². The lowest BCUT2D eigenvalue weighted by molar-refractivity contribution is -0.153. The van der Waals surface area contributed by atoms with Crippen molar-refractivity contribution in [2.45, 2.75) is 39.4 Å². The highest BCUT2D eigenvalue weighted by atomic mass is 19.1. The van der Waals surface area contributed by atoms with Crippen molar-refractivity contribution in [1.29, 1.82) is 0 Å². The van der Waals surface area contributed by atoms with Crippen LogP contribution >= 0.6 is 0 Å². The fourth-order valence-corrected chi connectivity index (χ4v) is 1.70. The molecule has 1 fully saturated rings. The van der Waals surface area contributed by atoms with Gasteiger partial charge in [0.15, 0.2) is 6.04 Å². The van der Waals surface area contributed by atoms with Gasteiger partial charge in [0.2, 0.25) is 5.91 Å². The molecule has 15 heavy (non-hydrogen) atoms. The minimum atomic E-state index is -1.45. The lowest BCUT2D eigenvalue weighted by Gasteiger charge is -2.28. The number of alkyl halides is 1. The van der Waals surface area contributed by atoms with Gasteiger partial charge in [-0.05, 0) is 6.42 Å². The van der Waals surface area contributed by atoms with Crippen molar-refractivity contribution < 1.29 is 19.1 Å². The molecule has 86 valence electrons. The predicted molar refractivity (Wildman–Crippen MR) is 52.1 cm³/mol. The Morgan fingerprint density at radius 3 is 2.33 bits per heavy atom. The molecule has 1 amide bonds. The second kappa shape index (κ2) is 3.79. The van der Waals surface area contributed by atoms with Gasteiger partial charge in [-0.1, -0.05) is 20.8 Å². The topological polar surface area (TPSA) is 57.6 Å². The average molecular weight is 217 g/mol. The Hall–Kier alpha value is -1.13. The summed E-state index contributed by atoms with van der Waals surface area (Å²) >= 11 is 0. The molecule has 1 saturated heterocycles. The van der Waals surface area contributed by atoms with Crippen molar-refractivity contribution >= 4 is 11.9 Å². The summed E-state index contributed by atoms with van der Waals surface area (Å²) in [6.07, 6.45) is -1.34. The van der Waals surface area contributed by atoms with Gasteiger partial charge >= 0.3 is 5.97 Å². The third-order valence-electron chi connectivity index (χ3n) is 2.48. The first-order valence-electron chi connectivity index (χ1n) is 4.93. The molecule has 0 unspecified atom stereocenters. The van der Waals surface area contributed by atoms with E-state index in [0.29, 0.717) is 0 Å². The number of carboxylic acids is 1. The van der Waals surface area contributed by atoms with Crippen LogP contribution in [0.5, 0.6) is 0 Å². The van der Waals surface area contributed by atoms with Crippen LogP contribution < -0.4 is 0 Å². The number of halogens is 1. The van der Waals surface area contributed by atoms with Crippen LogP contribution in [0.25, 0.3) is 0 Å². The lowest BCUT2D eigenvalue weighted by Crippen LogP contribution is -2.48. The van der Waals surface area contributed by atoms with Crippen LogP contribution in [0.15, 0.2) is 0 Å². The van der Waals surface area contributed by atoms with E-state index in [1.54, 1.807) is 20.8 Å². The summed E-state index contributed by atoms with van der Waals surface area (Å²) < 4.78 is 13.3. The molecule has 0 saturated carbocycles. The molecule has 1 aliphatic rings.